The maximum absolute atomic E-state index is 4.68. The van der Waals surface area contributed by atoms with Crippen LogP contribution in [0.1, 0.15) is 11.1 Å². The Morgan fingerprint density at radius 1 is 0.762 bits per heavy atom. The van der Waals surface area contributed by atoms with Crippen molar-refractivity contribution in [3.05, 3.63) is 108 Å². The second kappa shape index (κ2) is 4.71. The normalized spacial score (nSPS) is 18.1. The third-order valence-electron chi connectivity index (χ3n) is 4.18. The lowest BCUT2D eigenvalue weighted by atomic mass is 9.67. The van der Waals surface area contributed by atoms with Gasteiger partial charge in [-0.25, -0.2) is 0 Å². The topological polar surface area (TPSA) is 12.4 Å². The summed E-state index contributed by atoms with van der Waals surface area (Å²) in [5.74, 6) is 0. The van der Waals surface area contributed by atoms with Gasteiger partial charge in [0.1, 0.15) is 0 Å². The molecule has 1 heteroatoms. The molecular formula is C20H15N. The Hall–Kier alpha value is -2.67. The highest BCUT2D eigenvalue weighted by atomic mass is 14.8. The van der Waals surface area contributed by atoms with Crippen LogP contribution in [0.3, 0.4) is 0 Å². The summed E-state index contributed by atoms with van der Waals surface area (Å²) in [7, 11) is 0. The summed E-state index contributed by atoms with van der Waals surface area (Å²) in [5.41, 5.74) is 4.52. The van der Waals surface area contributed by atoms with Crippen molar-refractivity contribution in [1.29, 1.82) is 0 Å². The molecular weight excluding hydrogens is 254 g/mol. The fourth-order valence-electron chi connectivity index (χ4n) is 3.22. The van der Waals surface area contributed by atoms with E-state index < -0.39 is 0 Å². The van der Waals surface area contributed by atoms with Gasteiger partial charge in [-0.2, -0.15) is 0 Å². The second-order valence-electron chi connectivity index (χ2n) is 5.31. The molecule has 0 radical (unpaired) electrons. The second-order valence-corrected chi connectivity index (χ2v) is 5.31. The molecule has 2 aromatic rings. The minimum Gasteiger partial charge on any atom is -0.259 e. The number of benzene rings is 2. The zero-order valence-electron chi connectivity index (χ0n) is 11.6. The highest BCUT2D eigenvalue weighted by molar-refractivity contribution is 6.16. The van der Waals surface area contributed by atoms with Gasteiger partial charge in [-0.3, -0.25) is 4.99 Å². The maximum atomic E-state index is 4.68. The van der Waals surface area contributed by atoms with Crippen molar-refractivity contribution in [3.8, 4) is 0 Å². The molecule has 1 heterocycles. The molecule has 100 valence electrons. The van der Waals surface area contributed by atoms with Crippen LogP contribution < -0.4 is 0 Å². The standard InChI is InChI=1S/C20H15N/c1-3-9-17(10-4-1)20(18-11-5-2-6-12-18)14-7-8-16-13-15-21-19(16)20/h1-15H. The molecule has 0 atom stereocenters. The predicted octanol–water partition coefficient (Wildman–Crippen LogP) is 4.44. The van der Waals surface area contributed by atoms with Gasteiger partial charge in [0.2, 0.25) is 0 Å². The monoisotopic (exact) mass is 269 g/mol. The van der Waals surface area contributed by atoms with E-state index in [2.05, 4.69) is 90.0 Å². The third kappa shape index (κ3) is 1.74. The smallest absolute Gasteiger partial charge is 0.0813 e. The van der Waals surface area contributed by atoms with Crippen molar-refractivity contribution >= 4 is 5.71 Å². The molecule has 0 saturated carbocycles. The van der Waals surface area contributed by atoms with Gasteiger partial charge in [0, 0.05) is 6.20 Å². The van der Waals surface area contributed by atoms with Crippen LogP contribution >= 0.6 is 0 Å². The highest BCUT2D eigenvalue weighted by Crippen LogP contribution is 2.41. The summed E-state index contributed by atoms with van der Waals surface area (Å²) in [6.45, 7) is 0. The van der Waals surface area contributed by atoms with E-state index in [1.165, 1.54) is 16.7 Å². The molecule has 0 saturated heterocycles. The molecule has 1 nitrogen and oxygen atoms in total. The fourth-order valence-corrected chi connectivity index (χ4v) is 3.22. The number of fused-ring (bicyclic) bond motifs is 1. The maximum Gasteiger partial charge on any atom is 0.0813 e. The fraction of sp³-hybridized carbons (Fsp3) is 0.0500. The van der Waals surface area contributed by atoms with Crippen LogP contribution in [-0.4, -0.2) is 5.71 Å². The van der Waals surface area contributed by atoms with Gasteiger partial charge in [-0.1, -0.05) is 78.9 Å². The average Bonchev–Trinajstić information content (AvgIpc) is 3.05. The Kier molecular flexibility index (Phi) is 2.71. The molecule has 0 N–H and O–H groups in total. The molecule has 4 rings (SSSR count). The molecule has 0 amide bonds. The van der Waals surface area contributed by atoms with E-state index >= 15 is 0 Å². The van der Waals surface area contributed by atoms with E-state index in [4.69, 9.17) is 0 Å². The Bertz CT molecular complexity index is 738. The molecule has 1 aliphatic carbocycles. The van der Waals surface area contributed by atoms with Crippen LogP contribution in [0.2, 0.25) is 0 Å². The average molecular weight is 269 g/mol. The number of rotatable bonds is 2. The van der Waals surface area contributed by atoms with Gasteiger partial charge in [-0.15, -0.1) is 0 Å². The first kappa shape index (κ1) is 12.1. The van der Waals surface area contributed by atoms with Crippen LogP contribution in [0, 0.1) is 0 Å². The summed E-state index contributed by atoms with van der Waals surface area (Å²) in [4.78, 5) is 4.68. The summed E-state index contributed by atoms with van der Waals surface area (Å²) in [5, 5.41) is 0. The van der Waals surface area contributed by atoms with Crippen molar-refractivity contribution in [3.63, 3.8) is 0 Å². The molecule has 0 unspecified atom stereocenters. The quantitative estimate of drug-likeness (QED) is 0.764. The summed E-state index contributed by atoms with van der Waals surface area (Å²) < 4.78 is 0. The lowest BCUT2D eigenvalue weighted by Crippen LogP contribution is -2.36. The van der Waals surface area contributed by atoms with Gasteiger partial charge in [0.05, 0.1) is 11.1 Å². The van der Waals surface area contributed by atoms with Crippen LogP contribution in [0.4, 0.5) is 0 Å². The molecule has 2 aromatic carbocycles. The first-order valence-corrected chi connectivity index (χ1v) is 7.17. The first-order chi connectivity index (χ1) is 10.4. The van der Waals surface area contributed by atoms with E-state index in [9.17, 15) is 0 Å². The lowest BCUT2D eigenvalue weighted by Gasteiger charge is -2.35. The Balaban J connectivity index is 2.01. The molecule has 0 fully saturated rings. The molecule has 0 bridgehead atoms. The minimum absolute atomic E-state index is 0.296. The van der Waals surface area contributed by atoms with E-state index in [-0.39, 0.29) is 5.41 Å². The van der Waals surface area contributed by atoms with Gasteiger partial charge in [0.25, 0.3) is 0 Å². The van der Waals surface area contributed by atoms with Crippen molar-refractivity contribution in [2.24, 2.45) is 4.99 Å². The van der Waals surface area contributed by atoms with Gasteiger partial charge >= 0.3 is 0 Å². The number of allylic oxidation sites excluding steroid dienone is 5. The van der Waals surface area contributed by atoms with Gasteiger partial charge < -0.3 is 0 Å². The van der Waals surface area contributed by atoms with E-state index in [0.29, 0.717) is 0 Å². The van der Waals surface area contributed by atoms with Gasteiger partial charge in [-0.05, 0) is 22.8 Å². The SMILES string of the molecule is C1=CC(c2ccccc2)(c2ccccc2)C2=NC=CC2=C1. The molecule has 0 aromatic heterocycles. The van der Waals surface area contributed by atoms with Crippen molar-refractivity contribution in [2.75, 3.05) is 0 Å². The Morgan fingerprint density at radius 2 is 1.38 bits per heavy atom. The van der Waals surface area contributed by atoms with Crippen molar-refractivity contribution < 1.29 is 0 Å². The zero-order chi connectivity index (χ0) is 14.1. The van der Waals surface area contributed by atoms with E-state index in [0.717, 1.165) is 5.71 Å². The largest absolute Gasteiger partial charge is 0.259 e. The van der Waals surface area contributed by atoms with Crippen LogP contribution in [0.25, 0.3) is 0 Å². The number of hydrogen-bond acceptors (Lipinski definition) is 1. The summed E-state index contributed by atoms with van der Waals surface area (Å²) in [6, 6.07) is 21.2. The van der Waals surface area contributed by atoms with E-state index in [1.54, 1.807) is 0 Å². The number of nitrogens with zero attached hydrogens (tertiary/aromatic N) is 1. The molecule has 2 aliphatic rings. The third-order valence-corrected chi connectivity index (χ3v) is 4.18. The van der Waals surface area contributed by atoms with Gasteiger partial charge in [0.15, 0.2) is 0 Å². The molecule has 1 aliphatic heterocycles. The predicted molar refractivity (Wildman–Crippen MR) is 87.5 cm³/mol. The minimum atomic E-state index is -0.296. The van der Waals surface area contributed by atoms with Crippen LogP contribution in [-0.2, 0) is 5.41 Å². The van der Waals surface area contributed by atoms with Crippen molar-refractivity contribution in [2.45, 2.75) is 5.41 Å². The molecule has 21 heavy (non-hydrogen) atoms. The van der Waals surface area contributed by atoms with Crippen molar-refractivity contribution in [1.82, 2.24) is 0 Å². The number of hydrogen-bond donors (Lipinski definition) is 0. The first-order valence-electron chi connectivity index (χ1n) is 7.17. The van der Waals surface area contributed by atoms with Crippen LogP contribution in [0.5, 0.6) is 0 Å². The highest BCUT2D eigenvalue weighted by Gasteiger charge is 2.40. The van der Waals surface area contributed by atoms with Crippen LogP contribution in [0.15, 0.2) is 102 Å². The van der Waals surface area contributed by atoms with E-state index in [1.807, 2.05) is 6.20 Å². The zero-order valence-corrected chi connectivity index (χ0v) is 11.6. The Morgan fingerprint density at radius 3 is 2.00 bits per heavy atom. The summed E-state index contributed by atoms with van der Waals surface area (Å²) >= 11 is 0. The lowest BCUT2D eigenvalue weighted by molar-refractivity contribution is 0.863. The Labute approximate surface area is 124 Å². The summed E-state index contributed by atoms with van der Waals surface area (Å²) in [6.07, 6.45) is 10.5. The molecule has 0 spiro atoms. The number of aliphatic imine (C=N–C) groups is 1.